The van der Waals surface area contributed by atoms with Gasteiger partial charge in [0, 0.05) is 24.5 Å². The number of hydrogen-bond donors (Lipinski definition) is 3. The van der Waals surface area contributed by atoms with Gasteiger partial charge >= 0.3 is 41.5 Å². The molecule has 0 bridgehead atoms. The smallest absolute Gasteiger partial charge is 0.481 e. The molecule has 7 nitrogen and oxygen atoms in total. The monoisotopic (exact) mass is 249 g/mol. The number of aliphatic carboxylic acids is 2. The minimum atomic E-state index is -1.17. The molecule has 1 atom stereocenters. The van der Waals surface area contributed by atoms with Crippen LogP contribution in [0.15, 0.2) is 0 Å². The first kappa shape index (κ1) is 21.2. The molecule has 4 N–H and O–H groups in total. The first-order valence-corrected chi connectivity index (χ1v) is 4.17. The molecule has 0 aliphatic rings. The molecule has 0 saturated carbocycles. The van der Waals surface area contributed by atoms with E-state index in [0.717, 1.165) is 0 Å². The average molecular weight is 249 g/mol. The van der Waals surface area contributed by atoms with Crippen molar-refractivity contribution in [3.05, 3.63) is 6.92 Å². The zero-order valence-corrected chi connectivity index (χ0v) is 11.5. The van der Waals surface area contributed by atoms with E-state index in [4.69, 9.17) is 26.5 Å². The first-order valence-electron chi connectivity index (χ1n) is 4.17. The van der Waals surface area contributed by atoms with Crippen LogP contribution < -0.4 is 35.3 Å². The van der Waals surface area contributed by atoms with Gasteiger partial charge in [0.05, 0.1) is 0 Å². The summed E-state index contributed by atoms with van der Waals surface area (Å²) in [6.07, 6.45) is -0.224. The van der Waals surface area contributed by atoms with Gasteiger partial charge in [-0.2, -0.15) is 10.5 Å². The van der Waals surface area contributed by atoms with Gasteiger partial charge in [0.15, 0.2) is 0 Å². The largest absolute Gasteiger partial charge is 1.00 e. The van der Waals surface area contributed by atoms with Crippen LogP contribution >= 0.6 is 0 Å². The van der Waals surface area contributed by atoms with Gasteiger partial charge in [-0.25, -0.2) is 0 Å². The van der Waals surface area contributed by atoms with Crippen LogP contribution in [0.4, 0.5) is 0 Å². The minimum absolute atomic E-state index is 0. The molecule has 0 aliphatic heterocycles. The Morgan fingerprint density at radius 1 is 1.29 bits per heavy atom. The summed E-state index contributed by atoms with van der Waals surface area (Å²) in [4.78, 5) is 19.9. The van der Waals surface area contributed by atoms with Gasteiger partial charge in [0.2, 0.25) is 0 Å². The van der Waals surface area contributed by atoms with E-state index < -0.39 is 23.9 Å². The Balaban J connectivity index is -0.000000244. The Kier molecular flexibility index (Phi) is 16.1. The van der Waals surface area contributed by atoms with Crippen LogP contribution in [0.5, 0.6) is 0 Å². The van der Waals surface area contributed by atoms with Crippen molar-refractivity contribution in [3.8, 4) is 12.1 Å². The van der Waals surface area contributed by atoms with Crippen molar-refractivity contribution >= 4 is 11.9 Å². The van der Waals surface area contributed by atoms with Crippen molar-refractivity contribution in [2.45, 2.75) is 18.9 Å². The number of nitriles is 2. The summed E-state index contributed by atoms with van der Waals surface area (Å²) in [7, 11) is 0. The van der Waals surface area contributed by atoms with Gasteiger partial charge in [-0.15, -0.1) is 0 Å². The van der Waals surface area contributed by atoms with Crippen LogP contribution in [0.2, 0.25) is 0 Å². The summed E-state index contributed by atoms with van der Waals surface area (Å²) >= 11 is 0. The fraction of sp³-hybridized carbons (Fsp3) is 0.444. The zero-order valence-electron chi connectivity index (χ0n) is 9.46. The van der Waals surface area contributed by atoms with Crippen molar-refractivity contribution in [3.63, 3.8) is 0 Å². The van der Waals surface area contributed by atoms with E-state index in [0.29, 0.717) is 0 Å². The van der Waals surface area contributed by atoms with Crippen LogP contribution in [-0.2, 0) is 9.59 Å². The number of carboxylic acid groups (broad SMARTS) is 2. The van der Waals surface area contributed by atoms with Gasteiger partial charge in [-0.05, 0) is 6.42 Å². The molecule has 1 unspecified atom stereocenters. The SMILES string of the molecule is NC(CCC(=O)O)C(=O)O.[CH2-]C(C#N)C#N.[Na+]. The summed E-state index contributed by atoms with van der Waals surface area (Å²) in [6.45, 7) is 3.15. The predicted octanol–water partition coefficient (Wildman–Crippen LogP) is -3.25. The Labute approximate surface area is 121 Å². The van der Waals surface area contributed by atoms with Crippen LogP contribution in [0.1, 0.15) is 12.8 Å². The van der Waals surface area contributed by atoms with Gasteiger partial charge in [-0.3, -0.25) is 9.59 Å². The van der Waals surface area contributed by atoms with E-state index in [1.807, 2.05) is 0 Å². The summed E-state index contributed by atoms with van der Waals surface area (Å²) in [5.41, 5.74) is 5.00. The molecule has 0 rings (SSSR count). The summed E-state index contributed by atoms with van der Waals surface area (Å²) in [6, 6.07) is 2.23. The number of rotatable bonds is 4. The van der Waals surface area contributed by atoms with E-state index in [2.05, 4.69) is 6.92 Å². The number of carbonyl (C=O) groups is 2. The van der Waals surface area contributed by atoms with Gasteiger partial charge in [0.1, 0.15) is 6.04 Å². The van der Waals surface area contributed by atoms with E-state index in [1.54, 1.807) is 12.1 Å². The van der Waals surface area contributed by atoms with Crippen LogP contribution in [0.25, 0.3) is 0 Å². The van der Waals surface area contributed by atoms with Gasteiger partial charge in [0.25, 0.3) is 0 Å². The van der Waals surface area contributed by atoms with E-state index in [9.17, 15) is 9.59 Å². The average Bonchev–Trinajstić information content (AvgIpc) is 2.25. The molecule has 0 amide bonds. The Bertz CT molecular complexity index is 307. The molecule has 0 saturated heterocycles. The number of hydrogen-bond acceptors (Lipinski definition) is 5. The zero-order chi connectivity index (χ0) is 13.1. The summed E-state index contributed by atoms with van der Waals surface area (Å²) in [5, 5.41) is 31.9. The normalized spacial score (nSPS) is 9.71. The number of nitrogens with two attached hydrogens (primary N) is 1. The Morgan fingerprint density at radius 3 is 1.88 bits per heavy atom. The second-order valence-corrected chi connectivity index (χ2v) is 2.69. The van der Waals surface area contributed by atoms with Gasteiger partial charge in [-0.1, -0.05) is 0 Å². The summed E-state index contributed by atoms with van der Waals surface area (Å²) in [5.74, 6) is -2.90. The van der Waals surface area contributed by atoms with Crippen molar-refractivity contribution < 1.29 is 49.4 Å². The maximum Gasteiger partial charge on any atom is 1.00 e. The quantitative estimate of drug-likeness (QED) is 0.350. The summed E-state index contributed by atoms with van der Waals surface area (Å²) < 4.78 is 0. The van der Waals surface area contributed by atoms with Crippen molar-refractivity contribution in [1.29, 1.82) is 10.5 Å². The van der Waals surface area contributed by atoms with E-state index in [1.165, 1.54) is 0 Å². The molecule has 8 heteroatoms. The van der Waals surface area contributed by atoms with Crippen LogP contribution in [0, 0.1) is 35.5 Å². The maximum atomic E-state index is 9.99. The first-order chi connectivity index (χ1) is 7.34. The molecule has 17 heavy (non-hydrogen) atoms. The maximum absolute atomic E-state index is 9.99. The third kappa shape index (κ3) is 17.5. The third-order valence-corrected chi connectivity index (χ3v) is 1.30. The van der Waals surface area contributed by atoms with Crippen molar-refractivity contribution in [2.24, 2.45) is 11.7 Å². The molecule has 0 aromatic carbocycles. The standard InChI is InChI=1S/C5H9NO4.C4H3N2.Na/c6-3(5(9)10)1-2-4(7)8;1-4(2-5)3-6;/h3H,1-2,6H2,(H,7,8)(H,9,10);4H,1H2;/q;-1;+1. The van der Waals surface area contributed by atoms with Crippen molar-refractivity contribution in [2.75, 3.05) is 0 Å². The number of carboxylic acids is 2. The Hall–Kier alpha value is -1.12. The molecule has 0 fully saturated rings. The third-order valence-electron chi connectivity index (χ3n) is 1.30. The topological polar surface area (TPSA) is 148 Å². The molecule has 0 aromatic rings. The van der Waals surface area contributed by atoms with Crippen LogP contribution in [-0.4, -0.2) is 28.2 Å². The molecule has 0 spiro atoms. The van der Waals surface area contributed by atoms with Gasteiger partial charge < -0.3 is 22.9 Å². The number of nitrogens with zero attached hydrogens (tertiary/aromatic N) is 2. The van der Waals surface area contributed by atoms with E-state index in [-0.39, 0.29) is 42.4 Å². The molecular formula is C9H12N3NaO4. The fourth-order valence-corrected chi connectivity index (χ4v) is 0.431. The second-order valence-electron chi connectivity index (χ2n) is 2.69. The van der Waals surface area contributed by atoms with Crippen LogP contribution in [0.3, 0.4) is 0 Å². The molecule has 0 aliphatic carbocycles. The second kappa shape index (κ2) is 12.9. The molecule has 0 aromatic heterocycles. The predicted molar refractivity (Wildman–Crippen MR) is 52.6 cm³/mol. The minimum Gasteiger partial charge on any atom is -0.481 e. The molecular weight excluding hydrogens is 237 g/mol. The van der Waals surface area contributed by atoms with Crippen molar-refractivity contribution in [1.82, 2.24) is 0 Å². The molecule has 88 valence electrons. The molecule has 0 radical (unpaired) electrons. The van der Waals surface area contributed by atoms with E-state index >= 15 is 0 Å². The molecule has 0 heterocycles. The Morgan fingerprint density at radius 2 is 1.71 bits per heavy atom. The fourth-order valence-electron chi connectivity index (χ4n) is 0.431.